The van der Waals surface area contributed by atoms with E-state index in [4.69, 9.17) is 4.74 Å². The number of hydrogen-bond donors (Lipinski definition) is 1. The van der Waals surface area contributed by atoms with Gasteiger partial charge in [0, 0.05) is 38.4 Å². The van der Waals surface area contributed by atoms with Crippen LogP contribution in [-0.2, 0) is 4.74 Å². The molecule has 4 nitrogen and oxygen atoms in total. The molecule has 0 amide bonds. The van der Waals surface area contributed by atoms with Crippen molar-refractivity contribution in [2.45, 2.75) is 13.0 Å². The largest absolute Gasteiger partial charge is 0.379 e. The van der Waals surface area contributed by atoms with Gasteiger partial charge in [0.05, 0.1) is 18.9 Å². The van der Waals surface area contributed by atoms with E-state index < -0.39 is 0 Å². The number of nitrogens with zero attached hydrogens (tertiary/aromatic N) is 2. The minimum atomic E-state index is 0.317. The van der Waals surface area contributed by atoms with E-state index in [0.717, 1.165) is 45.1 Å². The third kappa shape index (κ3) is 4.07. The van der Waals surface area contributed by atoms with Gasteiger partial charge in [-0.1, -0.05) is 6.07 Å². The summed E-state index contributed by atoms with van der Waals surface area (Å²) in [4.78, 5) is 6.78. The van der Waals surface area contributed by atoms with E-state index in [1.165, 1.54) is 0 Å². The highest BCUT2D eigenvalue weighted by atomic mass is 16.5. The van der Waals surface area contributed by atoms with Crippen molar-refractivity contribution >= 4 is 0 Å². The monoisotopic (exact) mass is 235 g/mol. The van der Waals surface area contributed by atoms with Gasteiger partial charge < -0.3 is 10.1 Å². The summed E-state index contributed by atoms with van der Waals surface area (Å²) >= 11 is 0. The van der Waals surface area contributed by atoms with Crippen LogP contribution in [0.2, 0.25) is 0 Å². The van der Waals surface area contributed by atoms with E-state index in [-0.39, 0.29) is 0 Å². The normalized spacial score (nSPS) is 19.1. The van der Waals surface area contributed by atoms with Gasteiger partial charge >= 0.3 is 0 Å². The molecule has 1 aliphatic heterocycles. The van der Waals surface area contributed by atoms with Crippen LogP contribution < -0.4 is 5.32 Å². The Bertz CT molecular complexity index is 312. The molecule has 1 fully saturated rings. The van der Waals surface area contributed by atoms with Crippen molar-refractivity contribution < 1.29 is 4.74 Å². The maximum Gasteiger partial charge on any atom is 0.0594 e. The molecule has 0 bridgehead atoms. The summed E-state index contributed by atoms with van der Waals surface area (Å²) in [6, 6.07) is 6.36. The Hall–Kier alpha value is -0.970. The molecule has 1 N–H and O–H groups in total. The lowest BCUT2D eigenvalue weighted by Gasteiger charge is -2.27. The second-order valence-corrected chi connectivity index (χ2v) is 4.38. The van der Waals surface area contributed by atoms with Crippen LogP contribution in [0, 0.1) is 0 Å². The number of ether oxygens (including phenoxy) is 1. The fourth-order valence-corrected chi connectivity index (χ4v) is 2.00. The quantitative estimate of drug-likeness (QED) is 0.828. The van der Waals surface area contributed by atoms with Gasteiger partial charge in [-0.25, -0.2) is 0 Å². The van der Waals surface area contributed by atoms with Gasteiger partial charge in [-0.3, -0.25) is 9.88 Å². The predicted octanol–water partition coefficient (Wildman–Crippen LogP) is 1.06. The first kappa shape index (κ1) is 12.5. The van der Waals surface area contributed by atoms with Crippen molar-refractivity contribution in [3.8, 4) is 0 Å². The summed E-state index contributed by atoms with van der Waals surface area (Å²) in [5, 5.41) is 3.50. The Kier molecular flexibility index (Phi) is 4.91. The zero-order valence-corrected chi connectivity index (χ0v) is 10.4. The molecule has 0 unspecified atom stereocenters. The lowest BCUT2D eigenvalue weighted by molar-refractivity contribution is 0.0382. The Balaban J connectivity index is 1.67. The molecule has 0 saturated carbocycles. The summed E-state index contributed by atoms with van der Waals surface area (Å²) < 4.78 is 5.32. The van der Waals surface area contributed by atoms with E-state index >= 15 is 0 Å². The van der Waals surface area contributed by atoms with Crippen LogP contribution in [0.4, 0.5) is 0 Å². The molecule has 0 aromatic carbocycles. The maximum absolute atomic E-state index is 5.32. The molecule has 1 aromatic rings. The van der Waals surface area contributed by atoms with Gasteiger partial charge in [0.2, 0.25) is 0 Å². The Morgan fingerprint density at radius 3 is 2.94 bits per heavy atom. The summed E-state index contributed by atoms with van der Waals surface area (Å²) in [5.41, 5.74) is 1.11. The van der Waals surface area contributed by atoms with E-state index in [1.54, 1.807) is 0 Å². The van der Waals surface area contributed by atoms with Gasteiger partial charge in [-0.05, 0) is 19.1 Å². The number of pyridine rings is 1. The molecule has 4 heteroatoms. The van der Waals surface area contributed by atoms with E-state index in [2.05, 4.69) is 28.2 Å². The standard InChI is InChI=1S/C13H21N3O/c1-12(13-4-2-3-5-15-13)14-6-7-16-8-10-17-11-9-16/h2-5,12,14H,6-11H2,1H3/t12-/m1/s1. The molecule has 0 radical (unpaired) electrons. The Morgan fingerprint density at radius 2 is 2.24 bits per heavy atom. The second-order valence-electron chi connectivity index (χ2n) is 4.38. The predicted molar refractivity (Wildman–Crippen MR) is 67.9 cm³/mol. The topological polar surface area (TPSA) is 37.4 Å². The first-order valence-corrected chi connectivity index (χ1v) is 6.30. The Labute approximate surface area is 103 Å². The molecule has 17 heavy (non-hydrogen) atoms. The van der Waals surface area contributed by atoms with Crippen LogP contribution in [0.1, 0.15) is 18.7 Å². The number of hydrogen-bond acceptors (Lipinski definition) is 4. The Morgan fingerprint density at radius 1 is 1.41 bits per heavy atom. The fraction of sp³-hybridized carbons (Fsp3) is 0.615. The minimum absolute atomic E-state index is 0.317. The first-order valence-electron chi connectivity index (χ1n) is 6.30. The van der Waals surface area contributed by atoms with Crippen molar-refractivity contribution in [1.29, 1.82) is 0 Å². The zero-order chi connectivity index (χ0) is 11.9. The van der Waals surface area contributed by atoms with E-state index in [0.29, 0.717) is 6.04 Å². The molecule has 1 atom stereocenters. The van der Waals surface area contributed by atoms with Crippen LogP contribution in [-0.4, -0.2) is 49.3 Å². The van der Waals surface area contributed by atoms with Crippen LogP contribution in [0.15, 0.2) is 24.4 Å². The van der Waals surface area contributed by atoms with Crippen molar-refractivity contribution in [3.05, 3.63) is 30.1 Å². The molecule has 1 aliphatic rings. The number of rotatable bonds is 5. The third-order valence-corrected chi connectivity index (χ3v) is 3.11. The highest BCUT2D eigenvalue weighted by Crippen LogP contribution is 2.07. The third-order valence-electron chi connectivity index (χ3n) is 3.11. The van der Waals surface area contributed by atoms with Crippen LogP contribution in [0.3, 0.4) is 0 Å². The zero-order valence-electron chi connectivity index (χ0n) is 10.4. The van der Waals surface area contributed by atoms with E-state index in [1.807, 2.05) is 18.3 Å². The molecule has 1 aromatic heterocycles. The van der Waals surface area contributed by atoms with Gasteiger partial charge in [-0.15, -0.1) is 0 Å². The van der Waals surface area contributed by atoms with Crippen LogP contribution in [0.25, 0.3) is 0 Å². The fourth-order valence-electron chi connectivity index (χ4n) is 2.00. The molecular weight excluding hydrogens is 214 g/mol. The molecule has 2 rings (SSSR count). The summed E-state index contributed by atoms with van der Waals surface area (Å²) in [6.07, 6.45) is 1.84. The molecule has 1 saturated heterocycles. The molecule has 0 aliphatic carbocycles. The molecule has 0 spiro atoms. The number of morpholine rings is 1. The smallest absolute Gasteiger partial charge is 0.0594 e. The summed E-state index contributed by atoms with van der Waals surface area (Å²) in [7, 11) is 0. The molecule has 94 valence electrons. The average molecular weight is 235 g/mol. The van der Waals surface area contributed by atoms with Gasteiger partial charge in [0.15, 0.2) is 0 Å². The lowest BCUT2D eigenvalue weighted by Crippen LogP contribution is -2.40. The average Bonchev–Trinajstić information content (AvgIpc) is 2.41. The van der Waals surface area contributed by atoms with Crippen LogP contribution in [0.5, 0.6) is 0 Å². The molecule has 2 heterocycles. The van der Waals surface area contributed by atoms with Gasteiger partial charge in [0.25, 0.3) is 0 Å². The van der Waals surface area contributed by atoms with Crippen molar-refractivity contribution in [1.82, 2.24) is 15.2 Å². The lowest BCUT2D eigenvalue weighted by atomic mass is 10.2. The van der Waals surface area contributed by atoms with Crippen LogP contribution >= 0.6 is 0 Å². The minimum Gasteiger partial charge on any atom is -0.379 e. The van der Waals surface area contributed by atoms with E-state index in [9.17, 15) is 0 Å². The number of nitrogens with one attached hydrogen (secondary N) is 1. The number of aromatic nitrogens is 1. The van der Waals surface area contributed by atoms with Gasteiger partial charge in [-0.2, -0.15) is 0 Å². The first-order chi connectivity index (χ1) is 8.36. The highest BCUT2D eigenvalue weighted by molar-refractivity contribution is 5.07. The SMILES string of the molecule is C[C@@H](NCCN1CCOCC1)c1ccccn1. The molecular formula is C13H21N3O. The second kappa shape index (κ2) is 6.69. The maximum atomic E-state index is 5.32. The summed E-state index contributed by atoms with van der Waals surface area (Å²) in [6.45, 7) is 8.09. The highest BCUT2D eigenvalue weighted by Gasteiger charge is 2.10. The van der Waals surface area contributed by atoms with Crippen molar-refractivity contribution in [3.63, 3.8) is 0 Å². The van der Waals surface area contributed by atoms with Crippen molar-refractivity contribution in [2.24, 2.45) is 0 Å². The van der Waals surface area contributed by atoms with Crippen molar-refractivity contribution in [2.75, 3.05) is 39.4 Å². The van der Waals surface area contributed by atoms with Gasteiger partial charge in [0.1, 0.15) is 0 Å². The summed E-state index contributed by atoms with van der Waals surface area (Å²) in [5.74, 6) is 0.